The Kier molecular flexibility index (Phi) is 30.4. The summed E-state index contributed by atoms with van der Waals surface area (Å²) in [5, 5.41) is 12.2. The number of aryl methyl sites for hydroxylation is 3. The second-order valence-corrected chi connectivity index (χ2v) is 42.4. The highest BCUT2D eigenvalue weighted by Crippen LogP contribution is 2.55. The Morgan fingerprint density at radius 3 is 1.60 bits per heavy atom. The number of likely N-dealkylation sites (N-methyl/N-ethyl adjacent to an activating group) is 3. The topological polar surface area (TPSA) is 425 Å². The fourth-order valence-corrected chi connectivity index (χ4v) is 23.9. The molecule has 0 spiro atoms. The molecule has 30 nitrogen and oxygen atoms in total. The van der Waals surface area contributed by atoms with E-state index in [1.807, 2.05) is 171 Å². The molecular weight excluding hydrogens is 1920 g/mol. The van der Waals surface area contributed by atoms with Crippen LogP contribution in [0.3, 0.4) is 0 Å². The summed E-state index contributed by atoms with van der Waals surface area (Å²) < 4.78 is 1.07. The van der Waals surface area contributed by atoms with Gasteiger partial charge in [-0.1, -0.05) is 178 Å². The molecule has 12 heterocycles. The Balaban J connectivity index is 0.000000125. The van der Waals surface area contributed by atoms with Gasteiger partial charge in [-0.25, -0.2) is 40.1 Å². The lowest BCUT2D eigenvalue weighted by Crippen LogP contribution is -2.45. The highest BCUT2D eigenvalue weighted by Gasteiger charge is 2.60. The predicted molar refractivity (Wildman–Crippen MR) is 564 cm³/mol. The van der Waals surface area contributed by atoms with Crippen molar-refractivity contribution < 1.29 is 38.4 Å². The smallest absolute Gasteiger partial charge is 0.266 e. The van der Waals surface area contributed by atoms with E-state index >= 15 is 0 Å². The molecule has 10 aliphatic rings. The van der Waals surface area contributed by atoms with E-state index in [9.17, 15) is 28.8 Å². The van der Waals surface area contributed by atoms with Gasteiger partial charge in [-0.15, -0.1) is 45.3 Å². The van der Waals surface area contributed by atoms with Crippen molar-refractivity contribution in [2.75, 3.05) is 67.3 Å². The van der Waals surface area contributed by atoms with Crippen LogP contribution in [0, 0.1) is 24.7 Å². The molecule has 3 aliphatic carbocycles. The summed E-state index contributed by atoms with van der Waals surface area (Å²) in [6, 6.07) is 68.0. The molecule has 3 saturated carbocycles. The number of pyridine rings is 1. The molecule has 1 saturated heterocycles. The third-order valence-corrected chi connectivity index (χ3v) is 32.8. The standard InChI is InChI=1S/C29H29N5O3.C23H22N4O.C16H17N3OS2.C15H18N4OS.C14H23N3O.C9H12BrN3OS/c1-20(35)31-25-15-16-33(19-25)26(36)22-10-8-9-21(17-22)18-34-27(37)29(32-28(34)30,23-11-4-2-5-12-23)24-13-6-3-7-14-24;1-27-21(28)23(26-22(27)24,18-9-3-2-4-10-18)19-11-7-8-17(16-19)13-14-20-12-5-6-15-25-20;1-9-7-12(21-8-9)11-5-6-13(22-11)16(10-3-4-10)14(20)19(2)15(17)18-16;1-15(9-20-19(2)14(17)18-15)13-7-11(8-21-13)10-4-3-5-12(16)6-10;1-17-12(18)14(11-7-8-11,16-13(17)15)9-10-5-3-2-4-6-10;1-9(7-3-6(10)4-15-7)5-14-13(2)8(11)12-9/h2-14,17,25H,15-16,18-19H2,1H3,(H2,30,32)(H,31,35);2-12,15-16H,13-14H2,1H3,(H2,24,26);5-8,10H,3-4H2,1-2H3,(H2,17,18);3-8H,9,16H2,1-2H3,(H2,17,18);10-11H,2-9H2,1H3,(H2,15,16);3-4H,5H2,1-2H3,(H2,11,12)/t;;;;14-;/m....0./s1. The molecule has 21 rings (SSSR count). The van der Waals surface area contributed by atoms with E-state index in [-0.39, 0.29) is 65.5 Å². The highest BCUT2D eigenvalue weighted by atomic mass is 79.9. The summed E-state index contributed by atoms with van der Waals surface area (Å²) in [5.74, 6) is 2.91. The molecule has 7 aliphatic heterocycles. The van der Waals surface area contributed by atoms with Gasteiger partial charge in [0.2, 0.25) is 17.8 Å². The summed E-state index contributed by atoms with van der Waals surface area (Å²) in [5.41, 5.74) is 48.1. The largest absolute Gasteiger partial charge is 0.399 e. The van der Waals surface area contributed by atoms with Crippen LogP contribution >= 0.6 is 61.3 Å². The number of benzene rings is 6. The van der Waals surface area contributed by atoms with Crippen molar-refractivity contribution in [2.24, 2.45) is 82.1 Å². The summed E-state index contributed by atoms with van der Waals surface area (Å²) >= 11 is 10.1. The van der Waals surface area contributed by atoms with E-state index in [4.69, 9.17) is 54.8 Å². The molecule has 5 aromatic heterocycles. The van der Waals surface area contributed by atoms with Crippen molar-refractivity contribution in [1.82, 2.24) is 44.9 Å². The van der Waals surface area contributed by atoms with E-state index < -0.39 is 27.7 Å². The van der Waals surface area contributed by atoms with Crippen molar-refractivity contribution in [3.8, 4) is 20.9 Å². The summed E-state index contributed by atoms with van der Waals surface area (Å²) in [6.07, 6.45) is 16.0. The van der Waals surface area contributed by atoms with E-state index in [1.54, 1.807) is 115 Å². The van der Waals surface area contributed by atoms with Gasteiger partial charge >= 0.3 is 0 Å². The van der Waals surface area contributed by atoms with Crippen molar-refractivity contribution in [1.29, 1.82) is 0 Å². The number of likely N-dealkylation sites (tertiary alicyclic amines) is 1. The molecule has 6 atom stereocenters. The number of aliphatic imine (C=N–C) groups is 6. The van der Waals surface area contributed by atoms with Crippen LogP contribution in [0.2, 0.25) is 0 Å². The number of rotatable bonds is 20. The number of guanidine groups is 6. The van der Waals surface area contributed by atoms with Gasteiger partial charge in [0.1, 0.15) is 29.8 Å². The summed E-state index contributed by atoms with van der Waals surface area (Å²) in [6.45, 7) is 9.85. The fourth-order valence-electron chi connectivity index (χ4n) is 19.1. The van der Waals surface area contributed by atoms with Crippen molar-refractivity contribution in [3.63, 3.8) is 0 Å². The van der Waals surface area contributed by atoms with Crippen molar-refractivity contribution >= 4 is 138 Å². The van der Waals surface area contributed by atoms with Gasteiger partial charge < -0.3 is 50.4 Å². The Labute approximate surface area is 846 Å². The lowest BCUT2D eigenvalue weighted by molar-refractivity contribution is -0.132. The quantitative estimate of drug-likeness (QED) is 0.0329. The fraction of sp³-hybridized carbons (Fsp3) is 0.349. The molecule has 6 aromatic carbocycles. The highest BCUT2D eigenvalue weighted by molar-refractivity contribution is 9.10. The Hall–Kier alpha value is -13.3. The molecule has 4 fully saturated rings. The Morgan fingerprint density at radius 1 is 0.482 bits per heavy atom. The first-order chi connectivity index (χ1) is 67.6. The van der Waals surface area contributed by atoms with E-state index in [0.717, 1.165) is 126 Å². The van der Waals surface area contributed by atoms with Gasteiger partial charge in [-0.2, -0.15) is 0 Å². The number of hydroxylamine groups is 4. The predicted octanol–water partition coefficient (Wildman–Crippen LogP) is 14.9. The van der Waals surface area contributed by atoms with Crippen LogP contribution in [0.1, 0.15) is 161 Å². The number of nitrogen functional groups attached to an aromatic ring is 1. The zero-order valence-electron chi connectivity index (χ0n) is 80.6. The van der Waals surface area contributed by atoms with Crippen LogP contribution in [0.4, 0.5) is 5.69 Å². The number of nitrogens with one attached hydrogen (secondary N) is 1. The lowest BCUT2D eigenvalue weighted by atomic mass is 9.77. The van der Waals surface area contributed by atoms with Crippen LogP contribution < -0.4 is 45.5 Å². The number of carbonyl (C=O) groups is 6. The maximum Gasteiger partial charge on any atom is 0.266 e. The normalized spacial score (nSPS) is 23.0. The number of hydrogen-bond acceptors (Lipinski definition) is 28. The average Bonchev–Trinajstić information content (AvgIpc) is 1.57. The van der Waals surface area contributed by atoms with Gasteiger partial charge in [-0.3, -0.25) is 63.0 Å². The van der Waals surface area contributed by atoms with Crippen molar-refractivity contribution in [2.45, 2.75) is 157 Å². The van der Waals surface area contributed by atoms with Gasteiger partial charge in [0.05, 0.1) is 6.54 Å². The number of aromatic nitrogens is 1. The first-order valence-electron chi connectivity index (χ1n) is 47.3. The number of thiophene rings is 4. The zero-order valence-corrected chi connectivity index (χ0v) is 85.5. The molecule has 0 bridgehead atoms. The molecule has 11 aromatic rings. The number of nitrogens with two attached hydrogens (primary N) is 7. The maximum atomic E-state index is 14.0. The Bertz CT molecular complexity index is 6560. The number of carbonyl (C=O) groups excluding carboxylic acids is 6. The van der Waals surface area contributed by atoms with Crippen LogP contribution in [-0.4, -0.2) is 184 Å². The van der Waals surface area contributed by atoms with Crippen LogP contribution in [0.25, 0.3) is 20.9 Å². The zero-order chi connectivity index (χ0) is 99.9. The molecule has 141 heavy (non-hydrogen) atoms. The van der Waals surface area contributed by atoms with Crippen LogP contribution in [0.15, 0.2) is 269 Å². The average molecular weight is 2040 g/mol. The molecular formula is C106H121BrN22O8S4. The molecule has 6 amide bonds. The number of anilines is 1. The summed E-state index contributed by atoms with van der Waals surface area (Å²) in [4.78, 5) is 134. The first-order valence-corrected chi connectivity index (χ1v) is 51.6. The lowest BCUT2D eigenvalue weighted by Gasteiger charge is -2.33. The van der Waals surface area contributed by atoms with E-state index in [1.165, 1.54) is 79.2 Å². The molecule has 734 valence electrons. The van der Waals surface area contributed by atoms with Gasteiger partial charge in [-0.05, 0) is 233 Å². The first kappa shape index (κ1) is 101. The van der Waals surface area contributed by atoms with Crippen molar-refractivity contribution in [3.05, 3.63) is 304 Å². The number of hydrogen-bond donors (Lipinski definition) is 8. The summed E-state index contributed by atoms with van der Waals surface area (Å²) in [7, 11) is 8.64. The third kappa shape index (κ3) is 21.6. The van der Waals surface area contributed by atoms with E-state index in [0.29, 0.717) is 73.5 Å². The van der Waals surface area contributed by atoms with Gasteiger partial charge in [0, 0.05) is 119 Å². The molecule has 0 radical (unpaired) electrons. The molecule has 5 unspecified atom stereocenters. The van der Waals surface area contributed by atoms with E-state index in [2.05, 4.69) is 111 Å². The molecule has 15 N–H and O–H groups in total. The minimum atomic E-state index is -1.27. The number of amides is 6. The second kappa shape index (κ2) is 42.6. The number of nitrogens with zero attached hydrogens (tertiary/aromatic N) is 14. The maximum absolute atomic E-state index is 14.0. The molecule has 35 heteroatoms. The minimum Gasteiger partial charge on any atom is -0.399 e. The monoisotopic (exact) mass is 2040 g/mol. The van der Waals surface area contributed by atoms with Crippen LogP contribution in [0.5, 0.6) is 0 Å². The number of halogens is 1. The SMILES string of the molecule is CC(=O)NC1CCN(C(=O)c2cccc(CN3C(=O)C(c4ccccc4)(c4ccccc4)N=C3N)c2)C1.CN1C(=O)C(c2ccccc2)(c2cccc(CCc3ccccn3)c2)N=C1N.CN1C(=O)[C@](CC2CCCCC2)(C2CC2)N=C1N.CN1OCC(C)(c2cc(-c3cccc(N)c3)cs2)N=C1N.CN1OCC(C)(c2cc(Br)cs2)N=C1N.Cc1csc(-c2ccc(C3(C4CC4)N=C(N)N(C)C3=O)s2)c1. The van der Waals surface area contributed by atoms with Gasteiger partial charge in [0.25, 0.3) is 29.5 Å². The third-order valence-electron chi connectivity index (χ3n) is 27.3. The van der Waals surface area contributed by atoms with Crippen LogP contribution in [-0.2, 0) is 80.7 Å². The Morgan fingerprint density at radius 2 is 1.05 bits per heavy atom. The second-order valence-electron chi connectivity index (χ2n) is 37.6. The minimum absolute atomic E-state index is 0.0169. The van der Waals surface area contributed by atoms with Gasteiger partial charge in [0.15, 0.2) is 40.5 Å².